The fourth-order valence-corrected chi connectivity index (χ4v) is 6.92. The van der Waals surface area contributed by atoms with E-state index in [9.17, 15) is 4.79 Å². The topological polar surface area (TPSA) is 53.4 Å². The lowest BCUT2D eigenvalue weighted by atomic mass is 10.0. The van der Waals surface area contributed by atoms with Crippen molar-refractivity contribution < 1.29 is 14.3 Å². The molecule has 6 heteroatoms. The fraction of sp³-hybridized carbons (Fsp3) is 0.310. The summed E-state index contributed by atoms with van der Waals surface area (Å²) in [6.07, 6.45) is 3.77. The Morgan fingerprint density at radius 3 is 2.34 bits per heavy atom. The molecule has 0 bridgehead atoms. The van der Waals surface area contributed by atoms with Gasteiger partial charge in [0.25, 0.3) is 0 Å². The van der Waals surface area contributed by atoms with Crippen LogP contribution >= 0.6 is 0 Å². The summed E-state index contributed by atoms with van der Waals surface area (Å²) in [4.78, 5) is 18.6. The van der Waals surface area contributed by atoms with E-state index in [1.54, 1.807) is 6.20 Å². The maximum absolute atomic E-state index is 14.0. The number of nitrogens with zero attached hydrogens (tertiary/aromatic N) is 2. The zero-order valence-corrected chi connectivity index (χ0v) is 21.8. The predicted molar refractivity (Wildman–Crippen MR) is 145 cm³/mol. The molecule has 182 valence electrons. The van der Waals surface area contributed by atoms with Gasteiger partial charge in [0, 0.05) is 11.6 Å². The summed E-state index contributed by atoms with van der Waals surface area (Å²) < 4.78 is 14.3. The first-order valence-corrected chi connectivity index (χ1v) is 13.4. The van der Waals surface area contributed by atoms with Gasteiger partial charge in [-0.05, 0) is 64.4 Å². The summed E-state index contributed by atoms with van der Waals surface area (Å²) in [6, 6.07) is 19.3. The van der Waals surface area contributed by atoms with Crippen molar-refractivity contribution in [2.45, 2.75) is 51.7 Å². The standard InChI is InChI=1S/C29H33N2O3S/c1-6-33-28-24(14-10-16-26(28)34-19-22-12-8-7-9-13-22)27(32)25-18-31(35(20(2)3)21(4)5)29-23(25)15-11-17-30-29/h7-18,20-21H,6,19H2,1-5H3/q+1. The Hall–Kier alpha value is -3.25. The molecule has 0 N–H and O–H groups in total. The summed E-state index contributed by atoms with van der Waals surface area (Å²) in [5, 5.41) is 1.70. The van der Waals surface area contributed by atoms with Crippen LogP contribution in [0, 0.1) is 0 Å². The van der Waals surface area contributed by atoms with E-state index in [1.807, 2.05) is 73.8 Å². The molecule has 0 spiro atoms. The van der Waals surface area contributed by atoms with Gasteiger partial charge in [-0.1, -0.05) is 36.4 Å². The Morgan fingerprint density at radius 1 is 0.914 bits per heavy atom. The van der Waals surface area contributed by atoms with Crippen molar-refractivity contribution in [3.8, 4) is 11.5 Å². The molecule has 5 nitrogen and oxygen atoms in total. The number of benzene rings is 2. The largest absolute Gasteiger partial charge is 0.489 e. The molecule has 0 saturated carbocycles. The molecule has 4 aromatic rings. The maximum atomic E-state index is 14.0. The van der Waals surface area contributed by atoms with E-state index >= 15 is 0 Å². The molecule has 0 aliphatic rings. The van der Waals surface area contributed by atoms with E-state index in [4.69, 9.17) is 9.47 Å². The van der Waals surface area contributed by atoms with Crippen LogP contribution in [-0.2, 0) is 17.7 Å². The highest BCUT2D eigenvalue weighted by molar-refractivity contribution is 7.96. The highest BCUT2D eigenvalue weighted by Gasteiger charge is 2.34. The number of ether oxygens (including phenoxy) is 2. The van der Waals surface area contributed by atoms with Crippen LogP contribution in [0.25, 0.3) is 11.0 Å². The molecule has 35 heavy (non-hydrogen) atoms. The number of carbonyl (C=O) groups excluding carboxylic acids is 1. The number of ketones is 1. The van der Waals surface area contributed by atoms with Gasteiger partial charge in [0.15, 0.2) is 22.9 Å². The van der Waals surface area contributed by atoms with Gasteiger partial charge in [0.05, 0.1) is 23.9 Å². The number of hydrogen-bond acceptors (Lipinski definition) is 4. The maximum Gasteiger partial charge on any atom is 0.199 e. The molecule has 0 amide bonds. The molecule has 0 fully saturated rings. The molecule has 0 radical (unpaired) electrons. The van der Waals surface area contributed by atoms with Crippen LogP contribution < -0.4 is 9.47 Å². The number of fused-ring (bicyclic) bond motifs is 1. The zero-order chi connectivity index (χ0) is 24.9. The smallest absolute Gasteiger partial charge is 0.199 e. The summed E-state index contributed by atoms with van der Waals surface area (Å²) in [5.74, 6) is 0.950. The molecule has 2 aromatic heterocycles. The van der Waals surface area contributed by atoms with Gasteiger partial charge in [-0.15, -0.1) is 3.97 Å². The van der Waals surface area contributed by atoms with Gasteiger partial charge in [-0.3, -0.25) is 4.79 Å². The average molecular weight is 490 g/mol. The second-order valence-electron chi connectivity index (χ2n) is 8.86. The van der Waals surface area contributed by atoms with Gasteiger partial charge in [0.2, 0.25) is 0 Å². The van der Waals surface area contributed by atoms with Crippen molar-refractivity contribution in [3.05, 3.63) is 89.7 Å². The Kier molecular flexibility index (Phi) is 7.81. The van der Waals surface area contributed by atoms with Crippen LogP contribution in [-0.4, -0.2) is 31.8 Å². The first kappa shape index (κ1) is 24.9. The fourth-order valence-electron chi connectivity index (χ4n) is 4.35. The van der Waals surface area contributed by atoms with E-state index in [2.05, 4.69) is 36.7 Å². The zero-order valence-electron chi connectivity index (χ0n) is 21.0. The lowest BCUT2D eigenvalue weighted by molar-refractivity contribution is 0.103. The molecule has 0 saturated heterocycles. The number of aromatic nitrogens is 2. The highest BCUT2D eigenvalue weighted by atomic mass is 32.2. The van der Waals surface area contributed by atoms with Gasteiger partial charge in [0.1, 0.15) is 28.2 Å². The van der Waals surface area contributed by atoms with Crippen molar-refractivity contribution in [2.75, 3.05) is 6.61 Å². The Bertz CT molecular complexity index is 1290. The summed E-state index contributed by atoms with van der Waals surface area (Å²) in [7, 11) is 0. The van der Waals surface area contributed by atoms with E-state index < -0.39 is 0 Å². The van der Waals surface area contributed by atoms with Crippen molar-refractivity contribution in [1.82, 2.24) is 8.96 Å². The molecule has 0 aliphatic carbocycles. The summed E-state index contributed by atoms with van der Waals surface area (Å²) in [6.45, 7) is 11.6. The van der Waals surface area contributed by atoms with Crippen LogP contribution in [0.4, 0.5) is 0 Å². The molecule has 4 rings (SSSR count). The SMILES string of the molecule is CCOc1c(OCc2ccccc2)cccc1C(=O)c1cn([S+](C(C)C)C(C)C)c2ncccc12. The van der Waals surface area contributed by atoms with Crippen LogP contribution in [0.2, 0.25) is 0 Å². The van der Waals surface area contributed by atoms with Crippen molar-refractivity contribution in [1.29, 1.82) is 0 Å². The van der Waals surface area contributed by atoms with Gasteiger partial charge in [-0.25, -0.2) is 4.98 Å². The second-order valence-corrected chi connectivity index (χ2v) is 11.8. The highest BCUT2D eigenvalue weighted by Crippen LogP contribution is 2.35. The van der Waals surface area contributed by atoms with Crippen molar-refractivity contribution in [2.24, 2.45) is 0 Å². The van der Waals surface area contributed by atoms with Crippen molar-refractivity contribution >= 4 is 27.9 Å². The summed E-state index contributed by atoms with van der Waals surface area (Å²) in [5.41, 5.74) is 3.02. The molecule has 2 aromatic carbocycles. The molecular weight excluding hydrogens is 456 g/mol. The Balaban J connectivity index is 1.77. The summed E-state index contributed by atoms with van der Waals surface area (Å²) >= 11 is -0.109. The normalized spacial score (nSPS) is 11.5. The molecule has 0 aliphatic heterocycles. The first-order chi connectivity index (χ1) is 16.9. The average Bonchev–Trinajstić information content (AvgIpc) is 3.22. The van der Waals surface area contributed by atoms with Crippen LogP contribution in [0.15, 0.2) is 73.1 Å². The second kappa shape index (κ2) is 11.0. The molecule has 0 unspecified atom stereocenters. The monoisotopic (exact) mass is 489 g/mol. The lowest BCUT2D eigenvalue weighted by Gasteiger charge is -2.16. The van der Waals surface area contributed by atoms with E-state index in [0.29, 0.717) is 46.3 Å². The van der Waals surface area contributed by atoms with Crippen molar-refractivity contribution in [3.63, 3.8) is 0 Å². The van der Waals surface area contributed by atoms with Gasteiger partial charge >= 0.3 is 0 Å². The van der Waals surface area contributed by atoms with Gasteiger partial charge in [-0.2, -0.15) is 0 Å². The molecule has 2 heterocycles. The quantitative estimate of drug-likeness (QED) is 0.190. The number of pyridine rings is 1. The predicted octanol–water partition coefficient (Wildman–Crippen LogP) is 6.44. The molecule has 0 atom stereocenters. The van der Waals surface area contributed by atoms with E-state index in [-0.39, 0.29) is 16.9 Å². The minimum absolute atomic E-state index is 0.0913. The lowest BCUT2D eigenvalue weighted by Crippen LogP contribution is -2.30. The number of rotatable bonds is 10. The number of para-hydroxylation sites is 1. The number of carbonyl (C=O) groups is 1. The van der Waals surface area contributed by atoms with Gasteiger partial charge < -0.3 is 9.47 Å². The third-order valence-electron chi connectivity index (χ3n) is 5.72. The third-order valence-corrected chi connectivity index (χ3v) is 8.38. The van der Waals surface area contributed by atoms with E-state index in [0.717, 1.165) is 16.6 Å². The molecular formula is C29H33N2O3S+. The minimum atomic E-state index is -0.109. The Labute approximate surface area is 210 Å². The van der Waals surface area contributed by atoms with Crippen LogP contribution in [0.1, 0.15) is 56.1 Å². The van der Waals surface area contributed by atoms with Crippen LogP contribution in [0.5, 0.6) is 11.5 Å². The van der Waals surface area contributed by atoms with E-state index in [1.165, 1.54) is 0 Å². The first-order valence-electron chi connectivity index (χ1n) is 12.1. The number of hydrogen-bond donors (Lipinski definition) is 0. The Morgan fingerprint density at radius 2 is 1.66 bits per heavy atom. The minimum Gasteiger partial charge on any atom is -0.489 e. The third kappa shape index (κ3) is 5.22. The van der Waals surface area contributed by atoms with Crippen LogP contribution in [0.3, 0.4) is 0 Å².